The van der Waals surface area contributed by atoms with Crippen molar-refractivity contribution in [2.75, 3.05) is 0 Å². The highest BCUT2D eigenvalue weighted by molar-refractivity contribution is 5.94. The minimum Gasteiger partial charge on any atom is -0.346 e. The summed E-state index contributed by atoms with van der Waals surface area (Å²) in [4.78, 5) is 17.2. The molecule has 0 saturated heterocycles. The molecule has 0 spiro atoms. The number of benzene rings is 2. The first kappa shape index (κ1) is 17.0. The number of rotatable bonds is 4. The van der Waals surface area contributed by atoms with Crippen LogP contribution in [-0.2, 0) is 6.54 Å². The maximum atomic E-state index is 12.5. The fourth-order valence-electron chi connectivity index (χ4n) is 3.03. The van der Waals surface area contributed by atoms with E-state index in [1.807, 2.05) is 53.9 Å². The molecule has 0 fully saturated rings. The van der Waals surface area contributed by atoms with Gasteiger partial charge in [0.15, 0.2) is 5.65 Å². The monoisotopic (exact) mass is 356 g/mol. The molecule has 1 amide bonds. The fourth-order valence-corrected chi connectivity index (χ4v) is 3.03. The number of amides is 1. The van der Waals surface area contributed by atoms with E-state index in [4.69, 9.17) is 4.98 Å². The number of hydrogen-bond donors (Lipinski definition) is 1. The van der Waals surface area contributed by atoms with Gasteiger partial charge in [-0.25, -0.2) is 9.50 Å². The van der Waals surface area contributed by atoms with E-state index in [9.17, 15) is 4.79 Å². The quantitative estimate of drug-likeness (QED) is 0.602. The number of carbonyl (C=O) groups excluding carboxylic acids is 1. The van der Waals surface area contributed by atoms with Gasteiger partial charge in [-0.2, -0.15) is 5.10 Å². The molecule has 4 aromatic rings. The molecule has 0 aliphatic heterocycles. The van der Waals surface area contributed by atoms with E-state index in [0.29, 0.717) is 12.1 Å². The first-order chi connectivity index (χ1) is 13.1. The first-order valence-electron chi connectivity index (χ1n) is 8.87. The lowest BCUT2D eigenvalue weighted by atomic mass is 10.1. The number of nitrogens with one attached hydrogen (secondary N) is 1. The first-order valence-corrected chi connectivity index (χ1v) is 8.87. The normalized spacial score (nSPS) is 10.9. The van der Waals surface area contributed by atoms with Crippen molar-refractivity contribution < 1.29 is 4.79 Å². The van der Waals surface area contributed by atoms with Gasteiger partial charge in [-0.3, -0.25) is 4.79 Å². The van der Waals surface area contributed by atoms with Crippen LogP contribution in [0.4, 0.5) is 0 Å². The number of carbonyl (C=O) groups is 1. The van der Waals surface area contributed by atoms with Crippen LogP contribution in [0.5, 0.6) is 0 Å². The van der Waals surface area contributed by atoms with Crippen LogP contribution in [0.3, 0.4) is 0 Å². The lowest BCUT2D eigenvalue weighted by Crippen LogP contribution is -2.24. The topological polar surface area (TPSA) is 59.3 Å². The summed E-state index contributed by atoms with van der Waals surface area (Å²) in [6.45, 7) is 4.34. The maximum absolute atomic E-state index is 12.5. The van der Waals surface area contributed by atoms with Crippen LogP contribution < -0.4 is 5.32 Å². The van der Waals surface area contributed by atoms with Crippen LogP contribution in [0.2, 0.25) is 0 Å². The van der Waals surface area contributed by atoms with Crippen molar-refractivity contribution in [2.24, 2.45) is 0 Å². The second-order valence-electron chi connectivity index (χ2n) is 6.57. The van der Waals surface area contributed by atoms with Crippen LogP contribution in [-0.4, -0.2) is 20.5 Å². The molecule has 134 valence electrons. The van der Waals surface area contributed by atoms with Crippen LogP contribution in [0.1, 0.15) is 27.3 Å². The Morgan fingerprint density at radius 2 is 1.70 bits per heavy atom. The Balaban J connectivity index is 1.73. The molecule has 5 nitrogen and oxygen atoms in total. The standard InChI is InChI=1S/C22H20N4O/c1-15-8-11-17(12-9-15)21-19(26-20(24-21)13-10-16(2)25-26)14-23-22(27)18-6-4-3-5-7-18/h3-13H,14H2,1-2H3,(H,23,27). The Morgan fingerprint density at radius 1 is 0.963 bits per heavy atom. The van der Waals surface area contributed by atoms with Crippen molar-refractivity contribution in [1.82, 2.24) is 19.9 Å². The van der Waals surface area contributed by atoms with Crippen LogP contribution >= 0.6 is 0 Å². The Bertz CT molecular complexity index is 1100. The van der Waals surface area contributed by atoms with Gasteiger partial charge in [0.25, 0.3) is 5.91 Å². The molecule has 0 atom stereocenters. The van der Waals surface area contributed by atoms with Crippen molar-refractivity contribution in [3.05, 3.63) is 89.2 Å². The van der Waals surface area contributed by atoms with E-state index in [-0.39, 0.29) is 5.91 Å². The van der Waals surface area contributed by atoms with Gasteiger partial charge in [0.05, 0.1) is 23.6 Å². The molecule has 2 aromatic heterocycles. The average Bonchev–Trinajstić information content (AvgIpc) is 3.05. The second-order valence-corrected chi connectivity index (χ2v) is 6.57. The molecule has 2 aromatic carbocycles. The lowest BCUT2D eigenvalue weighted by molar-refractivity contribution is 0.0950. The lowest BCUT2D eigenvalue weighted by Gasteiger charge is -2.08. The summed E-state index contributed by atoms with van der Waals surface area (Å²) >= 11 is 0. The highest BCUT2D eigenvalue weighted by atomic mass is 16.1. The number of aromatic nitrogens is 3. The van der Waals surface area contributed by atoms with Crippen molar-refractivity contribution in [3.63, 3.8) is 0 Å². The molecule has 1 N–H and O–H groups in total. The van der Waals surface area contributed by atoms with Gasteiger partial charge in [-0.15, -0.1) is 0 Å². The Labute approximate surface area is 157 Å². The van der Waals surface area contributed by atoms with E-state index in [2.05, 4.69) is 29.5 Å². The third-order valence-corrected chi connectivity index (χ3v) is 4.48. The molecule has 0 aliphatic carbocycles. The summed E-state index contributed by atoms with van der Waals surface area (Å²) in [6.07, 6.45) is 0. The molecule has 0 radical (unpaired) electrons. The summed E-state index contributed by atoms with van der Waals surface area (Å²) in [6, 6.07) is 21.3. The predicted molar refractivity (Wildman–Crippen MR) is 106 cm³/mol. The largest absolute Gasteiger partial charge is 0.346 e. The van der Waals surface area contributed by atoms with Gasteiger partial charge in [0.2, 0.25) is 0 Å². The molecular weight excluding hydrogens is 336 g/mol. The van der Waals surface area contributed by atoms with Gasteiger partial charge >= 0.3 is 0 Å². The van der Waals surface area contributed by atoms with Gasteiger partial charge in [0.1, 0.15) is 0 Å². The SMILES string of the molecule is Cc1ccc(-c2nc3ccc(C)nn3c2CNC(=O)c2ccccc2)cc1. The highest BCUT2D eigenvalue weighted by Gasteiger charge is 2.16. The second kappa shape index (κ2) is 7.03. The van der Waals surface area contributed by atoms with Gasteiger partial charge in [-0.1, -0.05) is 48.0 Å². The van der Waals surface area contributed by atoms with E-state index in [0.717, 1.165) is 28.3 Å². The van der Waals surface area contributed by atoms with Gasteiger partial charge in [0, 0.05) is 11.1 Å². The summed E-state index contributed by atoms with van der Waals surface area (Å²) < 4.78 is 1.82. The molecular formula is C22H20N4O. The molecule has 5 heteroatoms. The molecule has 0 aliphatic rings. The molecule has 0 unspecified atom stereocenters. The Kier molecular flexibility index (Phi) is 4.42. The summed E-state index contributed by atoms with van der Waals surface area (Å²) in [5, 5.41) is 7.59. The zero-order valence-electron chi connectivity index (χ0n) is 15.3. The molecule has 27 heavy (non-hydrogen) atoms. The summed E-state index contributed by atoms with van der Waals surface area (Å²) in [5.74, 6) is -0.118. The smallest absolute Gasteiger partial charge is 0.251 e. The van der Waals surface area contributed by atoms with E-state index < -0.39 is 0 Å². The average molecular weight is 356 g/mol. The minimum atomic E-state index is -0.118. The third-order valence-electron chi connectivity index (χ3n) is 4.48. The van der Waals surface area contributed by atoms with E-state index in [1.165, 1.54) is 5.56 Å². The van der Waals surface area contributed by atoms with Gasteiger partial charge in [-0.05, 0) is 38.1 Å². The van der Waals surface area contributed by atoms with E-state index >= 15 is 0 Å². The number of hydrogen-bond acceptors (Lipinski definition) is 3. The zero-order chi connectivity index (χ0) is 18.8. The van der Waals surface area contributed by atoms with Crippen LogP contribution in [0.25, 0.3) is 16.9 Å². The van der Waals surface area contributed by atoms with Crippen LogP contribution in [0.15, 0.2) is 66.7 Å². The number of imidazole rings is 1. The van der Waals surface area contributed by atoms with Gasteiger partial charge < -0.3 is 5.32 Å². The summed E-state index contributed by atoms with van der Waals surface area (Å²) in [5.41, 5.74) is 6.19. The number of fused-ring (bicyclic) bond motifs is 1. The fraction of sp³-hybridized carbons (Fsp3) is 0.136. The molecule has 0 saturated carbocycles. The van der Waals surface area contributed by atoms with E-state index in [1.54, 1.807) is 12.1 Å². The number of nitrogens with zero attached hydrogens (tertiary/aromatic N) is 3. The van der Waals surface area contributed by atoms with Crippen molar-refractivity contribution in [2.45, 2.75) is 20.4 Å². The third kappa shape index (κ3) is 3.44. The zero-order valence-corrected chi connectivity index (χ0v) is 15.3. The predicted octanol–water partition coefficient (Wildman–Crippen LogP) is 3.94. The summed E-state index contributed by atoms with van der Waals surface area (Å²) in [7, 11) is 0. The number of aryl methyl sites for hydroxylation is 2. The Morgan fingerprint density at radius 3 is 2.44 bits per heavy atom. The van der Waals surface area contributed by atoms with Crippen molar-refractivity contribution in [1.29, 1.82) is 0 Å². The Hall–Kier alpha value is -3.47. The molecule has 0 bridgehead atoms. The molecule has 2 heterocycles. The van der Waals surface area contributed by atoms with Crippen molar-refractivity contribution >= 4 is 11.6 Å². The maximum Gasteiger partial charge on any atom is 0.251 e. The minimum absolute atomic E-state index is 0.118. The van der Waals surface area contributed by atoms with Crippen LogP contribution in [0, 0.1) is 13.8 Å². The highest BCUT2D eigenvalue weighted by Crippen LogP contribution is 2.24. The molecule has 4 rings (SSSR count). The van der Waals surface area contributed by atoms with Crippen molar-refractivity contribution in [3.8, 4) is 11.3 Å².